The molecule has 2 unspecified atom stereocenters. The van der Waals surface area contributed by atoms with E-state index in [0.29, 0.717) is 18.0 Å². The van der Waals surface area contributed by atoms with Crippen molar-refractivity contribution in [1.29, 1.82) is 0 Å². The zero-order valence-electron chi connectivity index (χ0n) is 13.7. The first kappa shape index (κ1) is 15.5. The zero-order valence-corrected chi connectivity index (χ0v) is 13.7. The van der Waals surface area contributed by atoms with Gasteiger partial charge in [0.2, 0.25) is 0 Å². The molecule has 114 valence electrons. The molecule has 2 rings (SSSR count). The highest BCUT2D eigenvalue weighted by Gasteiger charge is 2.29. The van der Waals surface area contributed by atoms with E-state index < -0.39 is 0 Å². The van der Waals surface area contributed by atoms with Crippen molar-refractivity contribution in [3.8, 4) is 0 Å². The molecule has 1 aliphatic rings. The van der Waals surface area contributed by atoms with Gasteiger partial charge in [-0.3, -0.25) is 9.58 Å². The Morgan fingerprint density at radius 1 is 1.40 bits per heavy atom. The molecule has 0 bridgehead atoms. The summed E-state index contributed by atoms with van der Waals surface area (Å²) in [4.78, 5) is 2.64. The van der Waals surface area contributed by atoms with Crippen LogP contribution in [0.5, 0.6) is 0 Å². The lowest BCUT2D eigenvalue weighted by molar-refractivity contribution is 0.0876. The number of aryl methyl sites for hydroxylation is 2. The average molecular weight is 278 g/mol. The molecule has 0 aromatic carbocycles. The van der Waals surface area contributed by atoms with E-state index in [2.05, 4.69) is 60.8 Å². The van der Waals surface area contributed by atoms with E-state index >= 15 is 0 Å². The van der Waals surface area contributed by atoms with Gasteiger partial charge in [-0.25, -0.2) is 0 Å². The summed E-state index contributed by atoms with van der Waals surface area (Å²) < 4.78 is 2.05. The molecule has 0 saturated carbocycles. The van der Waals surface area contributed by atoms with Crippen LogP contribution in [0, 0.1) is 5.92 Å². The minimum atomic E-state index is 0.623. The first-order chi connectivity index (χ1) is 9.55. The van der Waals surface area contributed by atoms with E-state index in [4.69, 9.17) is 0 Å². The maximum atomic E-state index is 4.58. The topological polar surface area (TPSA) is 33.1 Å². The Bertz CT molecular complexity index is 424. The van der Waals surface area contributed by atoms with Crippen LogP contribution < -0.4 is 5.32 Å². The molecule has 0 radical (unpaired) electrons. The second kappa shape index (κ2) is 6.72. The molecule has 20 heavy (non-hydrogen) atoms. The van der Waals surface area contributed by atoms with Gasteiger partial charge < -0.3 is 5.32 Å². The Morgan fingerprint density at radius 2 is 2.15 bits per heavy atom. The quantitative estimate of drug-likeness (QED) is 0.896. The predicted octanol–water partition coefficient (Wildman–Crippen LogP) is 2.19. The Labute approximate surface area is 123 Å². The number of rotatable bonds is 5. The Hall–Kier alpha value is -0.870. The normalized spacial score (nSPS) is 24.5. The lowest BCUT2D eigenvalue weighted by atomic mass is 9.97. The van der Waals surface area contributed by atoms with Crippen molar-refractivity contribution < 1.29 is 0 Å². The van der Waals surface area contributed by atoms with Gasteiger partial charge in [-0.05, 0) is 24.8 Å². The lowest BCUT2D eigenvalue weighted by Crippen LogP contribution is -2.57. The van der Waals surface area contributed by atoms with Crippen LogP contribution in [0.1, 0.15) is 45.5 Å². The van der Waals surface area contributed by atoms with Gasteiger partial charge in [-0.2, -0.15) is 5.10 Å². The number of nitrogens with one attached hydrogen (secondary N) is 1. The van der Waals surface area contributed by atoms with Crippen molar-refractivity contribution in [2.75, 3.05) is 13.1 Å². The summed E-state index contributed by atoms with van der Waals surface area (Å²) in [5.41, 5.74) is 2.54. The van der Waals surface area contributed by atoms with Gasteiger partial charge in [0.05, 0.1) is 11.4 Å². The van der Waals surface area contributed by atoms with Crippen molar-refractivity contribution >= 4 is 0 Å². The fourth-order valence-corrected chi connectivity index (χ4v) is 3.11. The molecule has 1 aliphatic heterocycles. The van der Waals surface area contributed by atoms with Crippen LogP contribution in [0.15, 0.2) is 6.07 Å². The molecular weight excluding hydrogens is 248 g/mol. The fourth-order valence-electron chi connectivity index (χ4n) is 3.11. The van der Waals surface area contributed by atoms with E-state index in [0.717, 1.165) is 26.1 Å². The number of hydrogen-bond acceptors (Lipinski definition) is 3. The largest absolute Gasteiger partial charge is 0.311 e. The van der Waals surface area contributed by atoms with Crippen LogP contribution in [-0.4, -0.2) is 39.9 Å². The summed E-state index contributed by atoms with van der Waals surface area (Å²) in [6.45, 7) is 12.4. The number of aromatic nitrogens is 2. The average Bonchev–Trinajstić information content (AvgIpc) is 2.79. The molecule has 0 spiro atoms. The molecule has 1 N–H and O–H groups in total. The van der Waals surface area contributed by atoms with Crippen molar-refractivity contribution in [1.82, 2.24) is 20.0 Å². The summed E-state index contributed by atoms with van der Waals surface area (Å²) in [5.74, 6) is 0.680. The molecule has 4 nitrogen and oxygen atoms in total. The molecule has 2 atom stereocenters. The molecule has 1 aromatic heterocycles. The van der Waals surface area contributed by atoms with Crippen LogP contribution in [0.4, 0.5) is 0 Å². The first-order valence-corrected chi connectivity index (χ1v) is 8.04. The second-order valence-corrected chi connectivity index (χ2v) is 6.36. The first-order valence-electron chi connectivity index (χ1n) is 8.04. The SMILES string of the molecule is CCc1cc(CN2CC(CC)NCC2C(C)C)n(C)n1. The summed E-state index contributed by atoms with van der Waals surface area (Å²) in [6, 6.07) is 3.52. The van der Waals surface area contributed by atoms with Crippen molar-refractivity contribution in [2.45, 2.75) is 59.2 Å². The third-order valence-corrected chi connectivity index (χ3v) is 4.56. The number of nitrogens with zero attached hydrogens (tertiary/aromatic N) is 3. The van der Waals surface area contributed by atoms with Gasteiger partial charge in [0.1, 0.15) is 0 Å². The Morgan fingerprint density at radius 3 is 2.70 bits per heavy atom. The monoisotopic (exact) mass is 278 g/mol. The minimum absolute atomic E-state index is 0.623. The molecular formula is C16H30N4. The summed E-state index contributed by atoms with van der Waals surface area (Å²) in [5, 5.41) is 8.26. The van der Waals surface area contributed by atoms with Gasteiger partial charge in [0.25, 0.3) is 0 Å². The van der Waals surface area contributed by atoms with Crippen LogP contribution in [0.3, 0.4) is 0 Å². The fraction of sp³-hybridized carbons (Fsp3) is 0.812. The van der Waals surface area contributed by atoms with Gasteiger partial charge >= 0.3 is 0 Å². The van der Waals surface area contributed by atoms with E-state index in [-0.39, 0.29) is 0 Å². The van der Waals surface area contributed by atoms with Crippen LogP contribution in [0.2, 0.25) is 0 Å². The maximum absolute atomic E-state index is 4.58. The molecule has 0 aliphatic carbocycles. The number of piperazine rings is 1. The predicted molar refractivity (Wildman–Crippen MR) is 83.7 cm³/mol. The van der Waals surface area contributed by atoms with Crippen LogP contribution >= 0.6 is 0 Å². The van der Waals surface area contributed by atoms with E-state index in [1.165, 1.54) is 17.8 Å². The highest BCUT2D eigenvalue weighted by atomic mass is 15.3. The van der Waals surface area contributed by atoms with Crippen molar-refractivity contribution in [3.63, 3.8) is 0 Å². The third-order valence-electron chi connectivity index (χ3n) is 4.56. The van der Waals surface area contributed by atoms with Gasteiger partial charge in [0.15, 0.2) is 0 Å². The summed E-state index contributed by atoms with van der Waals surface area (Å²) >= 11 is 0. The van der Waals surface area contributed by atoms with E-state index in [1.807, 2.05) is 0 Å². The minimum Gasteiger partial charge on any atom is -0.311 e. The maximum Gasteiger partial charge on any atom is 0.0625 e. The lowest BCUT2D eigenvalue weighted by Gasteiger charge is -2.42. The Kier molecular flexibility index (Phi) is 5.22. The standard InChI is InChI=1S/C16H30N4/c1-6-13-8-15(19(5)18-13)11-20-10-14(7-2)17-9-16(20)12(3)4/h8,12,14,16-17H,6-7,9-11H2,1-5H3. The van der Waals surface area contributed by atoms with Crippen LogP contribution in [-0.2, 0) is 20.0 Å². The van der Waals surface area contributed by atoms with Crippen molar-refractivity contribution in [3.05, 3.63) is 17.5 Å². The van der Waals surface area contributed by atoms with Gasteiger partial charge in [-0.15, -0.1) is 0 Å². The Balaban J connectivity index is 2.11. The number of hydrogen-bond donors (Lipinski definition) is 1. The van der Waals surface area contributed by atoms with Crippen LogP contribution in [0.25, 0.3) is 0 Å². The molecule has 0 amide bonds. The highest BCUT2D eigenvalue weighted by molar-refractivity contribution is 5.10. The van der Waals surface area contributed by atoms with E-state index in [1.54, 1.807) is 0 Å². The molecule has 1 fully saturated rings. The molecule has 1 saturated heterocycles. The second-order valence-electron chi connectivity index (χ2n) is 6.36. The van der Waals surface area contributed by atoms with E-state index in [9.17, 15) is 0 Å². The third kappa shape index (κ3) is 3.41. The summed E-state index contributed by atoms with van der Waals surface area (Å²) in [7, 11) is 2.07. The van der Waals surface area contributed by atoms with Crippen molar-refractivity contribution in [2.24, 2.45) is 13.0 Å². The highest BCUT2D eigenvalue weighted by Crippen LogP contribution is 2.19. The zero-order chi connectivity index (χ0) is 14.7. The van der Waals surface area contributed by atoms with Gasteiger partial charge in [0, 0.05) is 38.8 Å². The molecule has 4 heteroatoms. The smallest absolute Gasteiger partial charge is 0.0625 e. The molecule has 2 heterocycles. The molecule has 1 aromatic rings. The summed E-state index contributed by atoms with van der Waals surface area (Å²) in [6.07, 6.45) is 2.22. The van der Waals surface area contributed by atoms with Gasteiger partial charge in [-0.1, -0.05) is 27.7 Å².